The van der Waals surface area contributed by atoms with Crippen LogP contribution >= 0.6 is 12.8 Å². The van der Waals surface area contributed by atoms with Crippen LogP contribution in [0.2, 0.25) is 0 Å². The molecule has 0 radical (unpaired) electrons. The van der Waals surface area contributed by atoms with E-state index in [1.54, 1.807) is 14.1 Å². The molecule has 1 fully saturated rings. The van der Waals surface area contributed by atoms with Crippen LogP contribution in [0.1, 0.15) is 62.6 Å². The van der Waals surface area contributed by atoms with Crippen LogP contribution in [0, 0.1) is 35.1 Å². The van der Waals surface area contributed by atoms with Gasteiger partial charge in [0.15, 0.2) is 0 Å². The van der Waals surface area contributed by atoms with Crippen molar-refractivity contribution in [3.8, 4) is 11.1 Å². The topological polar surface area (TPSA) is 24.1 Å². The van der Waals surface area contributed by atoms with Crippen LogP contribution in [0.3, 0.4) is 0 Å². The molecule has 2 aromatic rings. The van der Waals surface area contributed by atoms with Crippen molar-refractivity contribution in [2.24, 2.45) is 0 Å². The van der Waals surface area contributed by atoms with E-state index in [0.717, 1.165) is 22.3 Å². The van der Waals surface area contributed by atoms with Gasteiger partial charge in [0.05, 0.1) is 0 Å². The van der Waals surface area contributed by atoms with Gasteiger partial charge in [-0.2, -0.15) is 0 Å². The van der Waals surface area contributed by atoms with Crippen molar-refractivity contribution in [2.45, 2.75) is 78.7 Å². The molecule has 0 aromatic heterocycles. The molecular weight excluding hydrogens is 485 g/mol. The molecule has 0 bridgehead atoms. The van der Waals surface area contributed by atoms with Gasteiger partial charge in [-0.25, -0.2) is 4.39 Å². The predicted molar refractivity (Wildman–Crippen MR) is 154 cm³/mol. The molecule has 0 saturated heterocycles. The van der Waals surface area contributed by atoms with Gasteiger partial charge in [-0.1, -0.05) is 107 Å². The summed E-state index contributed by atoms with van der Waals surface area (Å²) in [6.45, 7) is 14.2. The maximum absolute atomic E-state index is 12.8. The molecule has 1 saturated carbocycles. The number of rotatable bonds is 4. The number of hydrogen-bond donors (Lipinski definition) is 3. The quantitative estimate of drug-likeness (QED) is 0.274. The van der Waals surface area contributed by atoms with E-state index in [0.29, 0.717) is 0 Å². The Morgan fingerprint density at radius 2 is 1.40 bits per heavy atom. The molecular formula is C29H49F2KN2S-2. The van der Waals surface area contributed by atoms with Gasteiger partial charge in [0.2, 0.25) is 0 Å². The fraction of sp³-hybridized carbons (Fsp3) is 0.483. The van der Waals surface area contributed by atoms with E-state index in [9.17, 15) is 8.78 Å². The first-order chi connectivity index (χ1) is 15.8. The number of alkyl halides is 2. The molecule has 0 aliphatic heterocycles. The van der Waals surface area contributed by atoms with Crippen LogP contribution in [-0.4, -0.2) is 26.3 Å². The zero-order valence-corrected chi connectivity index (χ0v) is 27.6. The van der Waals surface area contributed by atoms with Gasteiger partial charge in [-0.05, 0) is 56.4 Å². The molecule has 2 nitrogen and oxygen atoms in total. The van der Waals surface area contributed by atoms with Crippen molar-refractivity contribution < 1.29 is 60.2 Å². The zero-order valence-electron chi connectivity index (χ0n) is 23.6. The Morgan fingerprint density at radius 1 is 0.943 bits per heavy atom. The predicted octanol–water partition coefficient (Wildman–Crippen LogP) is 5.50. The number of thiol groups is 1. The first-order valence-corrected chi connectivity index (χ1v) is 12.3. The Kier molecular flexibility index (Phi) is 34.8. The maximum Gasteiger partial charge on any atom is 1.00 e. The van der Waals surface area contributed by atoms with Crippen molar-refractivity contribution in [2.75, 3.05) is 14.1 Å². The molecule has 6 heteroatoms. The molecule has 0 spiro atoms. The normalized spacial score (nSPS) is 12.7. The number of halogens is 2. The zero-order chi connectivity index (χ0) is 25.6. The summed E-state index contributed by atoms with van der Waals surface area (Å²) in [6, 6.07) is 13.7. The summed E-state index contributed by atoms with van der Waals surface area (Å²) >= 11 is 3.54. The molecule has 2 N–H and O–H groups in total. The van der Waals surface area contributed by atoms with Crippen LogP contribution in [0.5, 0.6) is 0 Å². The number of hydrogen-bond acceptors (Lipinski definition) is 3. The van der Waals surface area contributed by atoms with E-state index in [1.807, 2.05) is 45.0 Å². The second-order valence-corrected chi connectivity index (χ2v) is 7.94. The van der Waals surface area contributed by atoms with Crippen LogP contribution in [0.4, 0.5) is 8.78 Å². The summed E-state index contributed by atoms with van der Waals surface area (Å²) in [5.41, 5.74) is 5.32. The summed E-state index contributed by atoms with van der Waals surface area (Å²) in [5, 5.41) is 2.62. The summed E-state index contributed by atoms with van der Waals surface area (Å²) < 4.78 is 27.1. The summed E-state index contributed by atoms with van der Waals surface area (Å²) in [4.78, 5) is 0. The van der Waals surface area contributed by atoms with Crippen molar-refractivity contribution in [1.82, 2.24) is 10.0 Å². The number of nitrogens with one attached hydrogen (secondary N) is 2. The van der Waals surface area contributed by atoms with Crippen LogP contribution in [-0.2, 0) is 6.67 Å². The second-order valence-electron chi connectivity index (χ2n) is 7.50. The van der Waals surface area contributed by atoms with E-state index in [1.165, 1.54) is 37.7 Å². The summed E-state index contributed by atoms with van der Waals surface area (Å²) in [7, 11) is 3.39. The maximum atomic E-state index is 12.8. The van der Waals surface area contributed by atoms with E-state index in [2.05, 4.69) is 61.8 Å². The fourth-order valence-electron chi connectivity index (χ4n) is 3.02. The molecule has 2 atom stereocenters. The Balaban J connectivity index is -0.000000212. The van der Waals surface area contributed by atoms with Gasteiger partial charge in [-0.3, -0.25) is 9.11 Å². The third-order valence-electron chi connectivity index (χ3n) is 4.98. The van der Waals surface area contributed by atoms with Gasteiger partial charge in [0, 0.05) is 0 Å². The smallest absolute Gasteiger partial charge is 0.358 e. The third-order valence-corrected chi connectivity index (χ3v) is 4.98. The molecule has 1 aliphatic rings. The molecule has 0 heterocycles. The van der Waals surface area contributed by atoms with E-state index < -0.39 is 12.8 Å². The Bertz CT molecular complexity index is 703. The Labute approximate surface area is 264 Å². The minimum atomic E-state index is -1.11. The van der Waals surface area contributed by atoms with Gasteiger partial charge in [-0.15, -0.1) is 6.04 Å². The standard InChI is InChI=1S/C15H15F.C5H10FN.C5H10.C2H6.CH5NS.CH3.K/c1-11-5-3-6-13(9-11)15-8-4-7-14(10-16)12(15)2;1-4(6)5(2)7-3;1-2-4-5-3-1;1-2;1-2-3;;/h3-9H,10H2,1-2H3;4-5,7H,1-2H2,3H3;1-5H2;1-2H3;2-3H,1H3;1H3;/q;-2;;;;-1;+1. The third kappa shape index (κ3) is 20.9. The van der Waals surface area contributed by atoms with E-state index in [-0.39, 0.29) is 64.9 Å². The van der Waals surface area contributed by atoms with Crippen molar-refractivity contribution in [1.29, 1.82) is 0 Å². The van der Waals surface area contributed by atoms with Crippen molar-refractivity contribution >= 4 is 12.8 Å². The number of benzene rings is 2. The van der Waals surface area contributed by atoms with Crippen LogP contribution in [0.25, 0.3) is 11.1 Å². The minimum absolute atomic E-state index is 0. The second kappa shape index (κ2) is 28.8. The van der Waals surface area contributed by atoms with E-state index >= 15 is 0 Å². The molecule has 35 heavy (non-hydrogen) atoms. The molecule has 1 aliphatic carbocycles. The molecule has 0 amide bonds. The molecule has 3 rings (SSSR count). The SMILES string of the molecule is C1CCCC1.CC.CNS.Cc1cccc(-c2cccc(CF)c2C)c1.[CH2-]C(F)C([CH2-])NC.[CH3-].[K+]. The summed E-state index contributed by atoms with van der Waals surface area (Å²) in [6.07, 6.45) is 6.39. The van der Waals surface area contributed by atoms with Crippen molar-refractivity contribution in [3.05, 3.63) is 80.4 Å². The minimum Gasteiger partial charge on any atom is -0.358 e. The number of aryl methyl sites for hydroxylation is 1. The molecule has 2 unspecified atom stereocenters. The van der Waals surface area contributed by atoms with Gasteiger partial charge in [0.25, 0.3) is 0 Å². The molecule has 198 valence electrons. The largest absolute Gasteiger partial charge is 1.00 e. The van der Waals surface area contributed by atoms with E-state index in [4.69, 9.17) is 0 Å². The first-order valence-electron chi connectivity index (χ1n) is 11.8. The van der Waals surface area contributed by atoms with Crippen LogP contribution in [0.15, 0.2) is 42.5 Å². The Morgan fingerprint density at radius 3 is 1.74 bits per heavy atom. The van der Waals surface area contributed by atoms with Gasteiger partial charge in [0.1, 0.15) is 6.67 Å². The fourth-order valence-corrected chi connectivity index (χ4v) is 3.02. The monoisotopic (exact) mass is 534 g/mol. The Hall–Kier alpha value is 0.206. The summed E-state index contributed by atoms with van der Waals surface area (Å²) in [5.74, 6) is 0. The molecule has 2 aromatic carbocycles. The van der Waals surface area contributed by atoms with Gasteiger partial charge >= 0.3 is 51.4 Å². The first kappa shape index (κ1) is 42.3. The van der Waals surface area contributed by atoms with Crippen molar-refractivity contribution in [3.63, 3.8) is 0 Å². The average Bonchev–Trinajstić information content (AvgIpc) is 3.41. The van der Waals surface area contributed by atoms with Crippen LogP contribution < -0.4 is 61.4 Å². The average molecular weight is 535 g/mol. The van der Waals surface area contributed by atoms with Gasteiger partial charge < -0.3 is 26.6 Å².